The summed E-state index contributed by atoms with van der Waals surface area (Å²) in [6.07, 6.45) is 23.9. The molecular weight excluding hydrogens is 430 g/mol. The minimum Gasteiger partial charge on any atom is -0.325 e. The number of quaternary nitrogens is 1. The Morgan fingerprint density at radius 1 is 0.667 bits per heavy atom. The van der Waals surface area contributed by atoms with Gasteiger partial charge >= 0.3 is 0 Å². The first-order valence-corrected chi connectivity index (χ1v) is 15.3. The van der Waals surface area contributed by atoms with Crippen molar-refractivity contribution in [1.82, 2.24) is 0 Å². The van der Waals surface area contributed by atoms with E-state index < -0.39 is 10.1 Å². The molecule has 194 valence electrons. The Labute approximate surface area is 206 Å². The van der Waals surface area contributed by atoms with E-state index in [1.807, 2.05) is 0 Å². The van der Waals surface area contributed by atoms with Crippen LogP contribution >= 0.6 is 0 Å². The molecule has 1 aromatic carbocycles. The van der Waals surface area contributed by atoms with Crippen LogP contribution in [0.4, 0.5) is 0 Å². The fourth-order valence-electron chi connectivity index (χ4n) is 4.24. The van der Waals surface area contributed by atoms with E-state index in [0.29, 0.717) is 6.26 Å². The zero-order valence-corrected chi connectivity index (χ0v) is 23.1. The van der Waals surface area contributed by atoms with E-state index in [1.54, 1.807) is 0 Å². The molecule has 1 N–H and O–H groups in total. The Morgan fingerprint density at radius 3 is 1.36 bits per heavy atom. The van der Waals surface area contributed by atoms with Gasteiger partial charge in [0.05, 0.1) is 26.9 Å². The van der Waals surface area contributed by atoms with Crippen molar-refractivity contribution in [3.63, 3.8) is 0 Å². The first-order valence-electron chi connectivity index (χ1n) is 13.4. The van der Waals surface area contributed by atoms with Crippen molar-refractivity contribution in [2.75, 3.05) is 26.9 Å². The van der Waals surface area contributed by atoms with Crippen molar-refractivity contribution >= 4 is 10.1 Å². The van der Waals surface area contributed by atoms with Gasteiger partial charge in [0.15, 0.2) is 0 Å². The molecule has 0 bridgehead atoms. The van der Waals surface area contributed by atoms with Gasteiger partial charge in [-0.3, -0.25) is 4.55 Å². The summed E-state index contributed by atoms with van der Waals surface area (Å²) in [4.78, 5) is 0. The van der Waals surface area contributed by atoms with Crippen molar-refractivity contribution in [1.29, 1.82) is 0 Å². The maximum Gasteiger partial charge on any atom is 0.261 e. The second kappa shape index (κ2) is 20.5. The molecule has 4 nitrogen and oxygen atoms in total. The van der Waals surface area contributed by atoms with E-state index in [0.717, 1.165) is 11.0 Å². The van der Waals surface area contributed by atoms with E-state index in [9.17, 15) is 8.42 Å². The molecule has 0 atom stereocenters. The molecule has 33 heavy (non-hydrogen) atoms. The van der Waals surface area contributed by atoms with Gasteiger partial charge in [0, 0.05) is 5.56 Å². The first kappa shape index (κ1) is 32.1. The van der Waals surface area contributed by atoms with Crippen LogP contribution in [0.1, 0.15) is 115 Å². The first-order chi connectivity index (χ1) is 15.6. The Hall–Kier alpha value is -0.910. The SMILES string of the molecule is CCCCCCCCCCCCCCCCCC[N+](C)(C)Cc1ccccc1.CS(=O)(=O)O. The standard InChI is InChI=1S/C27H50N.CH4O3S/c1-4-5-6-7-8-9-10-11-12-13-14-15-16-17-18-22-25-28(2,3)26-27-23-20-19-21-24-27;1-5(2,3)4/h19-21,23-24H,4-18,22,25-26H2,1-3H3;1H3,(H,2,3,4)/q+1;. The topological polar surface area (TPSA) is 54.4 Å². The molecule has 0 spiro atoms. The molecule has 0 saturated heterocycles. The number of unbranched alkanes of at least 4 members (excludes halogenated alkanes) is 15. The lowest BCUT2D eigenvalue weighted by Crippen LogP contribution is -2.39. The van der Waals surface area contributed by atoms with Gasteiger partial charge in [-0.05, 0) is 12.8 Å². The van der Waals surface area contributed by atoms with Gasteiger partial charge in [-0.2, -0.15) is 8.42 Å². The Kier molecular flexibility index (Phi) is 19.9. The maximum atomic E-state index is 9.19. The van der Waals surface area contributed by atoms with Crippen molar-refractivity contribution in [3.8, 4) is 0 Å². The highest BCUT2D eigenvalue weighted by molar-refractivity contribution is 7.85. The van der Waals surface area contributed by atoms with Gasteiger partial charge in [-0.25, -0.2) is 0 Å². The third kappa shape index (κ3) is 27.2. The van der Waals surface area contributed by atoms with Crippen LogP contribution in [0.2, 0.25) is 0 Å². The van der Waals surface area contributed by atoms with Crippen molar-refractivity contribution in [3.05, 3.63) is 35.9 Å². The van der Waals surface area contributed by atoms with Crippen LogP contribution < -0.4 is 0 Å². The third-order valence-electron chi connectivity index (χ3n) is 6.07. The van der Waals surface area contributed by atoms with Crippen LogP contribution in [-0.2, 0) is 16.7 Å². The molecule has 0 radical (unpaired) electrons. The van der Waals surface area contributed by atoms with E-state index in [-0.39, 0.29) is 0 Å². The van der Waals surface area contributed by atoms with Crippen LogP contribution in [-0.4, -0.2) is 44.3 Å². The number of hydrogen-bond donors (Lipinski definition) is 1. The van der Waals surface area contributed by atoms with Crippen molar-refractivity contribution < 1.29 is 17.5 Å². The van der Waals surface area contributed by atoms with Gasteiger partial charge in [0.2, 0.25) is 0 Å². The molecule has 0 aromatic heterocycles. The van der Waals surface area contributed by atoms with Crippen molar-refractivity contribution in [2.24, 2.45) is 0 Å². The molecule has 0 heterocycles. The normalized spacial score (nSPS) is 11.8. The van der Waals surface area contributed by atoms with Crippen LogP contribution in [0.15, 0.2) is 30.3 Å². The summed E-state index contributed by atoms with van der Waals surface area (Å²) < 4.78 is 27.0. The van der Waals surface area contributed by atoms with E-state index in [1.165, 1.54) is 115 Å². The Balaban J connectivity index is 0.00000184. The molecule has 0 fully saturated rings. The van der Waals surface area contributed by atoms with Gasteiger partial charge in [0.1, 0.15) is 6.54 Å². The largest absolute Gasteiger partial charge is 0.325 e. The quantitative estimate of drug-likeness (QED) is 0.123. The zero-order valence-electron chi connectivity index (χ0n) is 22.2. The van der Waals surface area contributed by atoms with Gasteiger partial charge in [0.25, 0.3) is 10.1 Å². The third-order valence-corrected chi connectivity index (χ3v) is 6.07. The van der Waals surface area contributed by atoms with Crippen LogP contribution in [0.5, 0.6) is 0 Å². The monoisotopic (exact) mass is 484 g/mol. The summed E-state index contributed by atoms with van der Waals surface area (Å²) >= 11 is 0. The molecule has 0 amide bonds. The summed E-state index contributed by atoms with van der Waals surface area (Å²) in [5.41, 5.74) is 1.46. The predicted octanol–water partition coefficient (Wildman–Crippen LogP) is 8.03. The second-order valence-corrected chi connectivity index (χ2v) is 11.8. The zero-order chi connectivity index (χ0) is 24.8. The van der Waals surface area contributed by atoms with Crippen LogP contribution in [0, 0.1) is 0 Å². The number of nitrogens with zero attached hydrogens (tertiary/aromatic N) is 1. The summed E-state index contributed by atoms with van der Waals surface area (Å²) in [6.45, 7) is 4.75. The van der Waals surface area contributed by atoms with Gasteiger partial charge in [-0.15, -0.1) is 0 Å². The second-order valence-electron chi connectivity index (χ2n) is 10.3. The van der Waals surface area contributed by atoms with Crippen LogP contribution in [0.3, 0.4) is 0 Å². The highest BCUT2D eigenvalue weighted by Crippen LogP contribution is 2.15. The molecule has 5 heteroatoms. The number of rotatable bonds is 19. The minimum atomic E-state index is -3.67. The Morgan fingerprint density at radius 2 is 1.00 bits per heavy atom. The van der Waals surface area contributed by atoms with Gasteiger partial charge in [-0.1, -0.05) is 127 Å². The lowest BCUT2D eigenvalue weighted by atomic mass is 10.0. The molecular formula is C28H54NO3S+. The fourth-order valence-corrected chi connectivity index (χ4v) is 4.24. The maximum absolute atomic E-state index is 9.19. The summed E-state index contributed by atoms with van der Waals surface area (Å²) in [7, 11) is 1.08. The number of benzene rings is 1. The Bertz CT molecular complexity index is 636. The van der Waals surface area contributed by atoms with E-state index in [4.69, 9.17) is 4.55 Å². The molecule has 0 saturated carbocycles. The summed E-state index contributed by atoms with van der Waals surface area (Å²) in [5.74, 6) is 0. The predicted molar refractivity (Wildman–Crippen MR) is 144 cm³/mol. The summed E-state index contributed by atoms with van der Waals surface area (Å²) in [6, 6.07) is 10.9. The average molecular weight is 485 g/mol. The molecule has 1 aromatic rings. The van der Waals surface area contributed by atoms with Crippen molar-refractivity contribution in [2.45, 2.75) is 116 Å². The minimum absolute atomic E-state index is 0.715. The molecule has 0 aliphatic rings. The smallest absolute Gasteiger partial charge is 0.261 e. The number of hydrogen-bond acceptors (Lipinski definition) is 2. The average Bonchev–Trinajstić information content (AvgIpc) is 2.72. The highest BCUT2D eigenvalue weighted by atomic mass is 32.2. The van der Waals surface area contributed by atoms with Gasteiger partial charge < -0.3 is 4.48 Å². The lowest BCUT2D eigenvalue weighted by Gasteiger charge is -2.30. The highest BCUT2D eigenvalue weighted by Gasteiger charge is 2.14. The fraction of sp³-hybridized carbons (Fsp3) is 0.786. The molecule has 0 aliphatic heterocycles. The molecule has 0 unspecified atom stereocenters. The lowest BCUT2D eigenvalue weighted by molar-refractivity contribution is -0.903. The summed E-state index contributed by atoms with van der Waals surface area (Å²) in [5, 5.41) is 0. The molecule has 1 rings (SSSR count). The van der Waals surface area contributed by atoms with E-state index in [2.05, 4.69) is 51.4 Å². The molecule has 0 aliphatic carbocycles. The van der Waals surface area contributed by atoms with Crippen LogP contribution in [0.25, 0.3) is 0 Å². The van der Waals surface area contributed by atoms with E-state index >= 15 is 0 Å².